The van der Waals surface area contributed by atoms with Crippen LogP contribution in [0.15, 0.2) is 53.6 Å². The van der Waals surface area contributed by atoms with Crippen LogP contribution in [0.3, 0.4) is 0 Å². The van der Waals surface area contributed by atoms with Gasteiger partial charge in [0, 0.05) is 18.2 Å². The maximum absolute atomic E-state index is 5.87. The lowest BCUT2D eigenvalue weighted by atomic mass is 10.2. The normalized spacial score (nSPS) is 12.0. The van der Waals surface area contributed by atoms with E-state index in [2.05, 4.69) is 15.8 Å². The zero-order valence-corrected chi connectivity index (χ0v) is 15.6. The first-order valence-corrected chi connectivity index (χ1v) is 8.47. The molecular weight excluding hydrogens is 358 g/mol. The summed E-state index contributed by atoms with van der Waals surface area (Å²) in [6.45, 7) is 2.54. The fraction of sp³-hybridized carbons (Fsp3) is 0.222. The van der Waals surface area contributed by atoms with Crippen molar-refractivity contribution in [2.24, 2.45) is 5.10 Å². The van der Waals surface area contributed by atoms with Crippen molar-refractivity contribution in [1.29, 1.82) is 0 Å². The largest absolute Gasteiger partial charge is 0.457 e. The topological polar surface area (TPSA) is 54.9 Å². The maximum Gasteiger partial charge on any atom is 0.187 e. The highest BCUT2D eigenvalue weighted by Crippen LogP contribution is 2.23. The van der Waals surface area contributed by atoms with Crippen LogP contribution in [-0.2, 0) is 4.74 Å². The molecule has 25 heavy (non-hydrogen) atoms. The third kappa shape index (κ3) is 7.09. The molecular formula is C18H20ClN3O2S. The number of hydrogen-bond acceptors (Lipinski definition) is 4. The van der Waals surface area contributed by atoms with Gasteiger partial charge < -0.3 is 14.8 Å². The van der Waals surface area contributed by atoms with Gasteiger partial charge in [0.2, 0.25) is 0 Å². The molecule has 0 aliphatic heterocycles. The molecule has 1 atom stereocenters. The molecule has 0 spiro atoms. The van der Waals surface area contributed by atoms with E-state index in [0.29, 0.717) is 28.2 Å². The molecule has 0 heterocycles. The summed E-state index contributed by atoms with van der Waals surface area (Å²) in [6.07, 6.45) is 1.67. The molecule has 0 saturated heterocycles. The summed E-state index contributed by atoms with van der Waals surface area (Å²) in [5, 5.41) is 8.29. The maximum atomic E-state index is 5.87. The van der Waals surface area contributed by atoms with Crippen LogP contribution in [0, 0.1) is 0 Å². The van der Waals surface area contributed by atoms with E-state index >= 15 is 0 Å². The third-order valence-electron chi connectivity index (χ3n) is 3.08. The van der Waals surface area contributed by atoms with Crippen LogP contribution in [0.5, 0.6) is 11.5 Å². The van der Waals surface area contributed by atoms with Crippen molar-refractivity contribution in [3.05, 3.63) is 59.1 Å². The van der Waals surface area contributed by atoms with Crippen LogP contribution in [0.2, 0.25) is 5.02 Å². The monoisotopic (exact) mass is 377 g/mol. The van der Waals surface area contributed by atoms with Crippen LogP contribution < -0.4 is 15.5 Å². The molecule has 5 nitrogen and oxygen atoms in total. The number of thiocarbonyl (C=S) groups is 1. The molecule has 2 aromatic carbocycles. The molecule has 2 rings (SSSR count). The summed E-state index contributed by atoms with van der Waals surface area (Å²) in [4.78, 5) is 0. The summed E-state index contributed by atoms with van der Waals surface area (Å²) < 4.78 is 10.8. The zero-order chi connectivity index (χ0) is 18.1. The summed E-state index contributed by atoms with van der Waals surface area (Å²) in [7, 11) is 1.64. The van der Waals surface area contributed by atoms with Gasteiger partial charge in [-0.2, -0.15) is 5.10 Å². The second-order valence-electron chi connectivity index (χ2n) is 5.33. The molecule has 0 aromatic heterocycles. The fourth-order valence-corrected chi connectivity index (χ4v) is 2.39. The Hall–Kier alpha value is -2.15. The van der Waals surface area contributed by atoms with Crippen LogP contribution >= 0.6 is 23.8 Å². The van der Waals surface area contributed by atoms with E-state index in [1.807, 2.05) is 43.3 Å². The first-order valence-electron chi connectivity index (χ1n) is 7.69. The Bertz CT molecular complexity index is 723. The first-order chi connectivity index (χ1) is 12.1. The Balaban J connectivity index is 1.90. The van der Waals surface area contributed by atoms with Crippen LogP contribution in [0.1, 0.15) is 12.5 Å². The molecule has 7 heteroatoms. The number of nitrogens with one attached hydrogen (secondary N) is 2. The number of rotatable bonds is 7. The highest BCUT2D eigenvalue weighted by Gasteiger charge is 2.02. The predicted octanol–water partition coefficient (Wildman–Crippen LogP) is 3.97. The molecule has 0 saturated carbocycles. The van der Waals surface area contributed by atoms with Crippen LogP contribution in [-0.4, -0.2) is 31.1 Å². The number of benzene rings is 2. The van der Waals surface area contributed by atoms with E-state index in [9.17, 15) is 0 Å². The summed E-state index contributed by atoms with van der Waals surface area (Å²) in [5.74, 6) is 1.43. The van der Waals surface area contributed by atoms with Gasteiger partial charge in [0.15, 0.2) is 5.11 Å². The second-order valence-corrected chi connectivity index (χ2v) is 6.17. The molecule has 2 aromatic rings. The lowest BCUT2D eigenvalue weighted by Crippen LogP contribution is -2.40. The number of ether oxygens (including phenoxy) is 2. The lowest BCUT2D eigenvalue weighted by Gasteiger charge is -2.13. The van der Waals surface area contributed by atoms with Crippen molar-refractivity contribution in [2.45, 2.75) is 13.0 Å². The molecule has 0 aliphatic carbocycles. The highest BCUT2D eigenvalue weighted by molar-refractivity contribution is 7.80. The number of methoxy groups -OCH3 is 1. The Labute approximate surface area is 158 Å². The fourth-order valence-electron chi connectivity index (χ4n) is 2.01. The van der Waals surface area contributed by atoms with E-state index in [1.54, 1.807) is 25.5 Å². The predicted molar refractivity (Wildman–Crippen MR) is 106 cm³/mol. The number of nitrogens with zero attached hydrogens (tertiary/aromatic N) is 1. The van der Waals surface area contributed by atoms with Crippen molar-refractivity contribution in [1.82, 2.24) is 10.7 Å². The van der Waals surface area contributed by atoms with Crippen molar-refractivity contribution < 1.29 is 9.47 Å². The van der Waals surface area contributed by atoms with Gasteiger partial charge >= 0.3 is 0 Å². The van der Waals surface area contributed by atoms with E-state index in [-0.39, 0.29) is 6.04 Å². The number of hydrogen-bond donors (Lipinski definition) is 2. The van der Waals surface area contributed by atoms with Gasteiger partial charge in [-0.1, -0.05) is 23.7 Å². The average Bonchev–Trinajstić information content (AvgIpc) is 2.57. The summed E-state index contributed by atoms with van der Waals surface area (Å²) in [5.41, 5.74) is 3.66. The number of halogens is 1. The van der Waals surface area contributed by atoms with Gasteiger partial charge in [-0.25, -0.2) is 0 Å². The molecule has 0 unspecified atom stereocenters. The Morgan fingerprint density at radius 3 is 2.72 bits per heavy atom. The molecule has 0 bridgehead atoms. The number of hydrazone groups is 1. The van der Waals surface area contributed by atoms with Crippen LogP contribution in [0.4, 0.5) is 0 Å². The average molecular weight is 378 g/mol. The minimum Gasteiger partial charge on any atom is -0.457 e. The second kappa shape index (κ2) is 9.98. The minimum absolute atomic E-state index is 0.108. The quantitative estimate of drug-likeness (QED) is 0.434. The van der Waals surface area contributed by atoms with Gasteiger partial charge in [0.1, 0.15) is 11.5 Å². The SMILES string of the molecule is COC[C@H](C)NC(=S)N/N=C\c1cccc(Oc2ccc(Cl)cc2)c1. The standard InChI is InChI=1S/C18H20ClN3O2S/c1-13(12-23-2)21-18(25)22-20-11-14-4-3-5-17(10-14)24-16-8-6-15(19)7-9-16/h3-11,13H,12H2,1-2H3,(H2,21,22,25)/b20-11-/t13-/m0/s1. The van der Waals surface area contributed by atoms with Gasteiger partial charge in [0.05, 0.1) is 12.8 Å². The van der Waals surface area contributed by atoms with Gasteiger partial charge in [-0.05, 0) is 61.1 Å². The third-order valence-corrected chi connectivity index (χ3v) is 3.54. The van der Waals surface area contributed by atoms with Crippen LogP contribution in [0.25, 0.3) is 0 Å². The van der Waals surface area contributed by atoms with E-state index < -0.39 is 0 Å². The Morgan fingerprint density at radius 2 is 2.00 bits per heavy atom. The van der Waals surface area contributed by atoms with Gasteiger partial charge in [-0.15, -0.1) is 0 Å². The van der Waals surface area contributed by atoms with E-state index in [1.165, 1.54) is 0 Å². The molecule has 2 N–H and O–H groups in total. The molecule has 0 fully saturated rings. The highest BCUT2D eigenvalue weighted by atomic mass is 35.5. The Morgan fingerprint density at radius 1 is 1.24 bits per heavy atom. The Kier molecular flexibility index (Phi) is 7.66. The first kappa shape index (κ1) is 19.2. The van der Waals surface area contributed by atoms with Crippen molar-refractivity contribution in [3.8, 4) is 11.5 Å². The van der Waals surface area contributed by atoms with E-state index in [4.69, 9.17) is 33.3 Å². The zero-order valence-electron chi connectivity index (χ0n) is 14.0. The minimum atomic E-state index is 0.108. The summed E-state index contributed by atoms with van der Waals surface area (Å²) >= 11 is 11.0. The van der Waals surface area contributed by atoms with E-state index in [0.717, 1.165) is 5.56 Å². The molecule has 0 aliphatic rings. The van der Waals surface area contributed by atoms with Gasteiger partial charge in [0.25, 0.3) is 0 Å². The molecule has 0 radical (unpaired) electrons. The lowest BCUT2D eigenvalue weighted by molar-refractivity contribution is 0.179. The van der Waals surface area contributed by atoms with Gasteiger partial charge in [-0.3, -0.25) is 5.43 Å². The van der Waals surface area contributed by atoms with Crippen molar-refractivity contribution in [3.63, 3.8) is 0 Å². The molecule has 0 amide bonds. The molecule has 132 valence electrons. The smallest absolute Gasteiger partial charge is 0.187 e. The van der Waals surface area contributed by atoms with Crippen molar-refractivity contribution >= 4 is 35.1 Å². The van der Waals surface area contributed by atoms with Crippen molar-refractivity contribution in [2.75, 3.05) is 13.7 Å². The summed E-state index contributed by atoms with van der Waals surface area (Å²) in [6, 6.07) is 14.9.